The van der Waals surface area contributed by atoms with Crippen molar-refractivity contribution in [3.05, 3.63) is 34.4 Å². The predicted octanol–water partition coefficient (Wildman–Crippen LogP) is 2.69. The number of rotatable bonds is 7. The Morgan fingerprint density at radius 2 is 2.17 bits per heavy atom. The number of anilines is 1. The van der Waals surface area contributed by atoms with Gasteiger partial charge in [0, 0.05) is 38.0 Å². The summed E-state index contributed by atoms with van der Waals surface area (Å²) in [5.74, 6) is 2.01. The molecule has 134 valence electrons. The van der Waals surface area contributed by atoms with Crippen LogP contribution in [0.4, 0.5) is 11.4 Å². The molecule has 9 heteroatoms. The minimum absolute atomic E-state index is 0. The summed E-state index contributed by atoms with van der Waals surface area (Å²) in [6.07, 6.45) is 2.55. The second kappa shape index (κ2) is 11.3. The molecule has 0 aliphatic carbocycles. The summed E-state index contributed by atoms with van der Waals surface area (Å²) in [5, 5.41) is 21.2. The number of benzene rings is 1. The molecule has 0 aromatic heterocycles. The molecule has 3 N–H and O–H groups in total. The van der Waals surface area contributed by atoms with E-state index < -0.39 is 0 Å². The van der Waals surface area contributed by atoms with Crippen LogP contribution in [-0.4, -0.2) is 48.6 Å². The van der Waals surface area contributed by atoms with Gasteiger partial charge in [-0.15, -0.1) is 24.0 Å². The van der Waals surface area contributed by atoms with Crippen molar-refractivity contribution in [1.29, 1.82) is 0 Å². The van der Waals surface area contributed by atoms with E-state index in [1.807, 2.05) is 11.8 Å². The van der Waals surface area contributed by atoms with E-state index in [1.54, 1.807) is 25.2 Å². The molecule has 1 aliphatic rings. The maximum absolute atomic E-state index is 10.9. The minimum Gasteiger partial charge on any atom is -0.378 e. The second-order valence-corrected chi connectivity index (χ2v) is 6.62. The number of nitro benzene ring substituents is 1. The number of hydrogen-bond acceptors (Lipinski definition) is 5. The zero-order valence-corrected chi connectivity index (χ0v) is 16.8. The summed E-state index contributed by atoms with van der Waals surface area (Å²) in [5.41, 5.74) is 0.623. The molecule has 0 radical (unpaired) electrons. The van der Waals surface area contributed by atoms with E-state index in [0.29, 0.717) is 24.0 Å². The molecule has 0 amide bonds. The zero-order chi connectivity index (χ0) is 16.5. The van der Waals surface area contributed by atoms with Crippen LogP contribution in [0.5, 0.6) is 0 Å². The zero-order valence-electron chi connectivity index (χ0n) is 13.7. The Labute approximate surface area is 163 Å². The highest BCUT2D eigenvalue weighted by molar-refractivity contribution is 14.0. The Bertz CT molecular complexity index is 552. The van der Waals surface area contributed by atoms with Gasteiger partial charge >= 0.3 is 0 Å². The van der Waals surface area contributed by atoms with Gasteiger partial charge in [-0.1, -0.05) is 12.1 Å². The van der Waals surface area contributed by atoms with Crippen molar-refractivity contribution in [2.45, 2.75) is 18.1 Å². The van der Waals surface area contributed by atoms with E-state index in [1.165, 1.54) is 24.7 Å². The van der Waals surface area contributed by atoms with Gasteiger partial charge in [-0.3, -0.25) is 15.1 Å². The molecule has 0 saturated carbocycles. The molecule has 1 unspecified atom stereocenters. The summed E-state index contributed by atoms with van der Waals surface area (Å²) in [6.45, 7) is 2.12. The highest BCUT2D eigenvalue weighted by atomic mass is 127. The van der Waals surface area contributed by atoms with Crippen molar-refractivity contribution < 1.29 is 4.92 Å². The standard InChI is InChI=1S/C15H23N5O2S.HI/c1-16-15(19-11-12-5-4-10-23-12)18-9-8-17-13-6-2-3-7-14(13)20(21)22;/h2-3,6-7,12,17H,4-5,8-11H2,1H3,(H2,16,18,19);1H. The molecule has 1 saturated heterocycles. The third kappa shape index (κ3) is 6.71. The summed E-state index contributed by atoms with van der Waals surface area (Å²) in [7, 11) is 1.74. The molecule has 1 fully saturated rings. The van der Waals surface area contributed by atoms with Crippen molar-refractivity contribution in [1.82, 2.24) is 10.6 Å². The van der Waals surface area contributed by atoms with Gasteiger partial charge < -0.3 is 16.0 Å². The van der Waals surface area contributed by atoms with Crippen LogP contribution in [0.2, 0.25) is 0 Å². The summed E-state index contributed by atoms with van der Waals surface area (Å²) < 4.78 is 0. The monoisotopic (exact) mass is 465 g/mol. The number of nitrogens with one attached hydrogen (secondary N) is 3. The van der Waals surface area contributed by atoms with Crippen LogP contribution in [0.1, 0.15) is 12.8 Å². The van der Waals surface area contributed by atoms with Crippen LogP contribution in [0, 0.1) is 10.1 Å². The Kier molecular flexibility index (Phi) is 9.84. The molecule has 7 nitrogen and oxygen atoms in total. The number of aliphatic imine (C=N–C) groups is 1. The van der Waals surface area contributed by atoms with E-state index in [2.05, 4.69) is 20.9 Å². The minimum atomic E-state index is -0.379. The second-order valence-electron chi connectivity index (χ2n) is 5.22. The van der Waals surface area contributed by atoms with E-state index in [9.17, 15) is 10.1 Å². The summed E-state index contributed by atoms with van der Waals surface area (Å²) in [6, 6.07) is 6.65. The van der Waals surface area contributed by atoms with E-state index >= 15 is 0 Å². The number of para-hydroxylation sites is 2. The van der Waals surface area contributed by atoms with Crippen molar-refractivity contribution >= 4 is 53.1 Å². The fraction of sp³-hybridized carbons (Fsp3) is 0.533. The molecule has 2 rings (SSSR count). The van der Waals surface area contributed by atoms with Crippen LogP contribution in [0.3, 0.4) is 0 Å². The highest BCUT2D eigenvalue weighted by Gasteiger charge is 2.15. The molecule has 24 heavy (non-hydrogen) atoms. The fourth-order valence-electron chi connectivity index (χ4n) is 2.40. The van der Waals surface area contributed by atoms with E-state index in [-0.39, 0.29) is 34.6 Å². The Balaban J connectivity index is 0.00000288. The van der Waals surface area contributed by atoms with Crippen molar-refractivity contribution in [2.24, 2.45) is 4.99 Å². The van der Waals surface area contributed by atoms with Crippen LogP contribution in [-0.2, 0) is 0 Å². The van der Waals surface area contributed by atoms with Gasteiger partial charge in [0.05, 0.1) is 4.92 Å². The SMILES string of the molecule is CN=C(NCCNc1ccccc1[N+](=O)[O-])NCC1CCCS1.I. The van der Waals surface area contributed by atoms with Gasteiger partial charge in [-0.2, -0.15) is 11.8 Å². The third-order valence-electron chi connectivity index (χ3n) is 3.58. The normalized spacial score (nSPS) is 17.0. The quantitative estimate of drug-likeness (QED) is 0.143. The summed E-state index contributed by atoms with van der Waals surface area (Å²) >= 11 is 2.00. The molecule has 1 aromatic rings. The largest absolute Gasteiger partial charge is 0.378 e. The molecule has 0 bridgehead atoms. The molecule has 1 atom stereocenters. The van der Waals surface area contributed by atoms with Gasteiger partial charge in [-0.25, -0.2) is 0 Å². The van der Waals surface area contributed by atoms with E-state index in [4.69, 9.17) is 0 Å². The Morgan fingerprint density at radius 1 is 1.38 bits per heavy atom. The first-order valence-electron chi connectivity index (χ1n) is 7.74. The van der Waals surface area contributed by atoms with Crippen molar-refractivity contribution in [3.63, 3.8) is 0 Å². The number of hydrogen-bond donors (Lipinski definition) is 3. The number of nitrogens with zero attached hydrogens (tertiary/aromatic N) is 2. The van der Waals surface area contributed by atoms with Crippen LogP contribution in [0.25, 0.3) is 0 Å². The molecular formula is C15H24IN5O2S. The molecule has 0 spiro atoms. The van der Waals surface area contributed by atoms with E-state index in [0.717, 1.165) is 12.5 Å². The lowest BCUT2D eigenvalue weighted by atomic mass is 10.2. The maximum Gasteiger partial charge on any atom is 0.292 e. The van der Waals surface area contributed by atoms with Crippen LogP contribution in [0.15, 0.2) is 29.3 Å². The lowest BCUT2D eigenvalue weighted by molar-refractivity contribution is -0.384. The lowest BCUT2D eigenvalue weighted by Gasteiger charge is -2.15. The molecule has 1 aliphatic heterocycles. The predicted molar refractivity (Wildman–Crippen MR) is 112 cm³/mol. The molecule has 1 heterocycles. The van der Waals surface area contributed by atoms with Gasteiger partial charge in [0.15, 0.2) is 5.96 Å². The smallest absolute Gasteiger partial charge is 0.292 e. The topological polar surface area (TPSA) is 91.6 Å². The first-order chi connectivity index (χ1) is 11.2. The summed E-state index contributed by atoms with van der Waals surface area (Å²) in [4.78, 5) is 14.7. The lowest BCUT2D eigenvalue weighted by Crippen LogP contribution is -2.41. The third-order valence-corrected chi connectivity index (χ3v) is 4.98. The number of guanidine groups is 1. The van der Waals surface area contributed by atoms with Crippen molar-refractivity contribution in [3.8, 4) is 0 Å². The average molecular weight is 465 g/mol. The molecule has 1 aromatic carbocycles. The van der Waals surface area contributed by atoms with Gasteiger partial charge in [-0.05, 0) is 24.7 Å². The maximum atomic E-state index is 10.9. The van der Waals surface area contributed by atoms with Gasteiger partial charge in [0.1, 0.15) is 5.69 Å². The first kappa shape index (κ1) is 20.8. The molecular weight excluding hydrogens is 441 g/mol. The van der Waals surface area contributed by atoms with Gasteiger partial charge in [0.2, 0.25) is 0 Å². The van der Waals surface area contributed by atoms with Crippen molar-refractivity contribution in [2.75, 3.05) is 37.8 Å². The average Bonchev–Trinajstić information content (AvgIpc) is 3.08. The van der Waals surface area contributed by atoms with Gasteiger partial charge in [0.25, 0.3) is 5.69 Å². The number of thioether (sulfide) groups is 1. The van der Waals surface area contributed by atoms with Crippen LogP contribution >= 0.6 is 35.7 Å². The first-order valence-corrected chi connectivity index (χ1v) is 8.79. The Hall–Kier alpha value is -1.23. The number of halogens is 1. The van der Waals surface area contributed by atoms with Crippen LogP contribution < -0.4 is 16.0 Å². The highest BCUT2D eigenvalue weighted by Crippen LogP contribution is 2.25. The Morgan fingerprint density at radius 3 is 2.83 bits per heavy atom. The number of nitro groups is 1. The fourth-order valence-corrected chi connectivity index (χ4v) is 3.60.